The number of aromatic nitrogens is 1. The SMILES string of the molecule is CCOC(=O)c1ccc(N2CCCN(CCC(=O)NC3CCCC3)CC2)nc1. The maximum atomic E-state index is 12.2. The van der Waals surface area contributed by atoms with Crippen molar-refractivity contribution in [2.75, 3.05) is 44.2 Å². The van der Waals surface area contributed by atoms with Crippen LogP contribution in [0.25, 0.3) is 0 Å². The van der Waals surface area contributed by atoms with Crippen LogP contribution in [0.15, 0.2) is 18.3 Å². The largest absolute Gasteiger partial charge is 0.462 e. The number of rotatable bonds is 7. The quantitative estimate of drug-likeness (QED) is 0.722. The number of hydrogen-bond donors (Lipinski definition) is 1. The fourth-order valence-corrected chi connectivity index (χ4v) is 3.96. The number of amides is 1. The minimum Gasteiger partial charge on any atom is -0.462 e. The Bertz CT molecular complexity index is 644. The summed E-state index contributed by atoms with van der Waals surface area (Å²) in [6, 6.07) is 4.06. The molecule has 1 aromatic rings. The van der Waals surface area contributed by atoms with Crippen LogP contribution in [0.5, 0.6) is 0 Å². The number of hydrogen-bond acceptors (Lipinski definition) is 6. The smallest absolute Gasteiger partial charge is 0.339 e. The summed E-state index contributed by atoms with van der Waals surface area (Å²) in [6.45, 7) is 6.67. The second-order valence-electron chi connectivity index (χ2n) is 7.61. The molecule has 0 atom stereocenters. The van der Waals surface area contributed by atoms with E-state index in [-0.39, 0.29) is 11.9 Å². The molecule has 0 radical (unpaired) electrons. The molecule has 0 aromatic carbocycles. The molecule has 1 saturated heterocycles. The lowest BCUT2D eigenvalue weighted by molar-refractivity contribution is -0.122. The van der Waals surface area contributed by atoms with Crippen LogP contribution < -0.4 is 10.2 Å². The molecule has 0 unspecified atom stereocenters. The number of carbonyl (C=O) groups is 2. The van der Waals surface area contributed by atoms with Gasteiger partial charge in [0.15, 0.2) is 0 Å². The van der Waals surface area contributed by atoms with Crippen molar-refractivity contribution in [1.82, 2.24) is 15.2 Å². The summed E-state index contributed by atoms with van der Waals surface area (Å²) in [5.41, 5.74) is 0.482. The Kier molecular flexibility index (Phi) is 7.65. The maximum absolute atomic E-state index is 12.2. The molecule has 1 amide bonds. The van der Waals surface area contributed by atoms with Gasteiger partial charge in [0.2, 0.25) is 5.91 Å². The van der Waals surface area contributed by atoms with Gasteiger partial charge >= 0.3 is 5.97 Å². The second-order valence-corrected chi connectivity index (χ2v) is 7.61. The first kappa shape index (κ1) is 20.6. The van der Waals surface area contributed by atoms with Gasteiger partial charge in [-0.15, -0.1) is 0 Å². The van der Waals surface area contributed by atoms with E-state index in [0.29, 0.717) is 24.6 Å². The summed E-state index contributed by atoms with van der Waals surface area (Å²) in [4.78, 5) is 33.0. The molecule has 7 nitrogen and oxygen atoms in total. The van der Waals surface area contributed by atoms with Crippen molar-refractivity contribution >= 4 is 17.7 Å². The highest BCUT2D eigenvalue weighted by molar-refractivity contribution is 5.89. The molecule has 1 aliphatic carbocycles. The van der Waals surface area contributed by atoms with E-state index in [0.717, 1.165) is 57.8 Å². The topological polar surface area (TPSA) is 74.8 Å². The van der Waals surface area contributed by atoms with Gasteiger partial charge in [0.05, 0.1) is 12.2 Å². The third-order valence-corrected chi connectivity index (χ3v) is 5.55. The van der Waals surface area contributed by atoms with E-state index in [4.69, 9.17) is 4.74 Å². The molecular formula is C21H32N4O3. The summed E-state index contributed by atoms with van der Waals surface area (Å²) in [5.74, 6) is 0.734. The van der Waals surface area contributed by atoms with E-state index < -0.39 is 0 Å². The monoisotopic (exact) mass is 388 g/mol. The zero-order valence-electron chi connectivity index (χ0n) is 16.9. The van der Waals surface area contributed by atoms with E-state index in [1.807, 2.05) is 6.07 Å². The minimum absolute atomic E-state index is 0.184. The van der Waals surface area contributed by atoms with E-state index in [9.17, 15) is 9.59 Å². The van der Waals surface area contributed by atoms with Gasteiger partial charge in [0.25, 0.3) is 0 Å². The van der Waals surface area contributed by atoms with Crippen LogP contribution in [0.3, 0.4) is 0 Å². The summed E-state index contributed by atoms with van der Waals surface area (Å²) >= 11 is 0. The molecule has 1 aromatic heterocycles. The number of anilines is 1. The third kappa shape index (κ3) is 5.92. The number of esters is 1. The minimum atomic E-state index is -0.334. The van der Waals surface area contributed by atoms with E-state index in [1.165, 1.54) is 12.8 Å². The fourth-order valence-electron chi connectivity index (χ4n) is 3.96. The molecule has 1 N–H and O–H groups in total. The highest BCUT2D eigenvalue weighted by atomic mass is 16.5. The van der Waals surface area contributed by atoms with E-state index >= 15 is 0 Å². The first-order chi connectivity index (χ1) is 13.7. The van der Waals surface area contributed by atoms with Crippen molar-refractivity contribution in [3.63, 3.8) is 0 Å². The Morgan fingerprint density at radius 1 is 1.14 bits per heavy atom. The van der Waals surface area contributed by atoms with Gasteiger partial charge < -0.3 is 19.9 Å². The lowest BCUT2D eigenvalue weighted by atomic mass is 10.2. The Labute approximate surface area is 167 Å². The van der Waals surface area contributed by atoms with Crippen LogP contribution in [0.1, 0.15) is 55.8 Å². The average molecular weight is 389 g/mol. The predicted molar refractivity (Wildman–Crippen MR) is 108 cm³/mol. The Morgan fingerprint density at radius 2 is 1.96 bits per heavy atom. The molecule has 1 saturated carbocycles. The highest BCUT2D eigenvalue weighted by Gasteiger charge is 2.19. The standard InChI is InChI=1S/C21H32N4O3/c1-2-28-21(27)17-8-9-19(22-16-17)25-12-5-11-24(14-15-25)13-10-20(26)23-18-6-3-4-7-18/h8-9,16,18H,2-7,10-15H2,1H3,(H,23,26). The average Bonchev–Trinajstić information content (AvgIpc) is 3.09. The van der Waals surface area contributed by atoms with Gasteiger partial charge in [-0.2, -0.15) is 0 Å². The lowest BCUT2D eigenvalue weighted by Gasteiger charge is -2.23. The molecule has 0 spiro atoms. The second kappa shape index (κ2) is 10.4. The molecule has 2 aliphatic rings. The first-order valence-electron chi connectivity index (χ1n) is 10.6. The van der Waals surface area contributed by atoms with Gasteiger partial charge in [-0.25, -0.2) is 9.78 Å². The summed E-state index contributed by atoms with van der Waals surface area (Å²) in [6.07, 6.45) is 7.93. The van der Waals surface area contributed by atoms with Crippen LogP contribution in [-0.2, 0) is 9.53 Å². The van der Waals surface area contributed by atoms with Crippen molar-refractivity contribution in [1.29, 1.82) is 0 Å². The van der Waals surface area contributed by atoms with Crippen molar-refractivity contribution < 1.29 is 14.3 Å². The number of carbonyl (C=O) groups excluding carboxylic acids is 2. The summed E-state index contributed by atoms with van der Waals surface area (Å²) in [7, 11) is 0. The van der Waals surface area contributed by atoms with Crippen LogP contribution in [0.4, 0.5) is 5.82 Å². The number of nitrogens with zero attached hydrogens (tertiary/aromatic N) is 3. The summed E-state index contributed by atoms with van der Waals surface area (Å²) in [5, 5.41) is 3.17. The van der Waals surface area contributed by atoms with Gasteiger partial charge in [0, 0.05) is 44.8 Å². The Hall–Kier alpha value is -2.15. The predicted octanol–water partition coefficient (Wildman–Crippen LogP) is 2.22. The van der Waals surface area contributed by atoms with Crippen molar-refractivity contribution in [2.45, 2.75) is 51.5 Å². The number of nitrogens with one attached hydrogen (secondary N) is 1. The molecular weight excluding hydrogens is 356 g/mol. The van der Waals surface area contributed by atoms with Crippen LogP contribution >= 0.6 is 0 Å². The van der Waals surface area contributed by atoms with Crippen LogP contribution in [0.2, 0.25) is 0 Å². The fraction of sp³-hybridized carbons (Fsp3) is 0.667. The third-order valence-electron chi connectivity index (χ3n) is 5.55. The Morgan fingerprint density at radius 3 is 2.68 bits per heavy atom. The van der Waals surface area contributed by atoms with Crippen LogP contribution in [-0.4, -0.2) is 67.1 Å². The van der Waals surface area contributed by atoms with E-state index in [1.54, 1.807) is 19.2 Å². The maximum Gasteiger partial charge on any atom is 0.339 e. The van der Waals surface area contributed by atoms with Crippen molar-refractivity contribution in [3.8, 4) is 0 Å². The summed E-state index contributed by atoms with van der Waals surface area (Å²) < 4.78 is 5.00. The number of ether oxygens (including phenoxy) is 1. The van der Waals surface area contributed by atoms with Gasteiger partial charge in [-0.05, 0) is 44.9 Å². The molecule has 1 aliphatic heterocycles. The van der Waals surface area contributed by atoms with Gasteiger partial charge in [0.1, 0.15) is 5.82 Å². The van der Waals surface area contributed by atoms with Gasteiger partial charge in [-0.3, -0.25) is 4.79 Å². The Balaban J connectivity index is 1.44. The van der Waals surface area contributed by atoms with Crippen molar-refractivity contribution in [3.05, 3.63) is 23.9 Å². The molecule has 154 valence electrons. The first-order valence-corrected chi connectivity index (χ1v) is 10.6. The zero-order valence-corrected chi connectivity index (χ0v) is 16.9. The normalized spacial score (nSPS) is 18.7. The molecule has 2 fully saturated rings. The van der Waals surface area contributed by atoms with Crippen LogP contribution in [0, 0.1) is 0 Å². The molecule has 28 heavy (non-hydrogen) atoms. The van der Waals surface area contributed by atoms with E-state index in [2.05, 4.69) is 20.1 Å². The zero-order chi connectivity index (χ0) is 19.8. The molecule has 7 heteroatoms. The molecule has 0 bridgehead atoms. The molecule has 2 heterocycles. The number of pyridine rings is 1. The lowest BCUT2D eigenvalue weighted by Crippen LogP contribution is -2.37. The van der Waals surface area contributed by atoms with Gasteiger partial charge in [-0.1, -0.05) is 12.8 Å². The highest BCUT2D eigenvalue weighted by Crippen LogP contribution is 2.18. The molecule has 3 rings (SSSR count). The van der Waals surface area contributed by atoms with Crippen molar-refractivity contribution in [2.24, 2.45) is 0 Å².